The lowest BCUT2D eigenvalue weighted by molar-refractivity contribution is -0.116. The molecule has 0 bridgehead atoms. The van der Waals surface area contributed by atoms with Crippen molar-refractivity contribution >= 4 is 28.5 Å². The average molecular weight is 502 g/mol. The van der Waals surface area contributed by atoms with Crippen molar-refractivity contribution in [1.82, 2.24) is 15.3 Å². The highest BCUT2D eigenvalue weighted by Gasteiger charge is 2.18. The lowest BCUT2D eigenvalue weighted by Gasteiger charge is -2.18. The van der Waals surface area contributed by atoms with Gasteiger partial charge in [-0.05, 0) is 59.2 Å². The molecular formula is C32H27N3O3. The number of carbonyl (C=O) groups is 1. The van der Waals surface area contributed by atoms with E-state index < -0.39 is 6.04 Å². The Morgan fingerprint density at radius 3 is 2.37 bits per heavy atom. The molecule has 38 heavy (non-hydrogen) atoms. The van der Waals surface area contributed by atoms with Crippen LogP contribution in [0.4, 0.5) is 0 Å². The third-order valence-electron chi connectivity index (χ3n) is 6.16. The summed E-state index contributed by atoms with van der Waals surface area (Å²) in [4.78, 5) is 22.2. The van der Waals surface area contributed by atoms with Crippen LogP contribution in [0.3, 0.4) is 0 Å². The van der Waals surface area contributed by atoms with Gasteiger partial charge in [0.05, 0.1) is 23.9 Å². The number of benzene rings is 3. The molecule has 6 nitrogen and oxygen atoms in total. The van der Waals surface area contributed by atoms with Crippen molar-refractivity contribution in [2.24, 2.45) is 0 Å². The largest absolute Gasteiger partial charge is 0.487 e. The van der Waals surface area contributed by atoms with Gasteiger partial charge in [-0.15, -0.1) is 0 Å². The normalized spacial score (nSPS) is 12.2. The Hall–Kier alpha value is -4.81. The molecule has 0 saturated heterocycles. The highest BCUT2D eigenvalue weighted by molar-refractivity contribution is 6.24. The van der Waals surface area contributed by atoms with Gasteiger partial charge in [0, 0.05) is 23.4 Å². The smallest absolute Gasteiger partial charge is 0.252 e. The summed E-state index contributed by atoms with van der Waals surface area (Å²) in [7, 11) is 0. The Kier molecular flexibility index (Phi) is 7.82. The molecule has 0 fully saturated rings. The lowest BCUT2D eigenvalue weighted by atomic mass is 10.0. The zero-order valence-electron chi connectivity index (χ0n) is 20.7. The zero-order valence-corrected chi connectivity index (χ0v) is 20.7. The molecule has 0 unspecified atom stereocenters. The molecular weight excluding hydrogens is 474 g/mol. The SMILES string of the molecule is O=C(N[C@@H](CO)c1ccccc1)/C(=C/c1ccncc1)c1ccc(OCc2ccc3ccccc3n2)cc1. The number of hydrogen-bond donors (Lipinski definition) is 2. The first-order valence-corrected chi connectivity index (χ1v) is 12.4. The van der Waals surface area contributed by atoms with Crippen LogP contribution in [-0.4, -0.2) is 27.6 Å². The minimum atomic E-state index is -0.526. The third kappa shape index (κ3) is 6.11. The Balaban J connectivity index is 1.35. The van der Waals surface area contributed by atoms with Crippen LogP contribution >= 0.6 is 0 Å². The Morgan fingerprint density at radius 1 is 0.868 bits per heavy atom. The van der Waals surface area contributed by atoms with Gasteiger partial charge in [-0.3, -0.25) is 9.78 Å². The van der Waals surface area contributed by atoms with Crippen molar-refractivity contribution in [1.29, 1.82) is 0 Å². The molecule has 0 aliphatic rings. The van der Waals surface area contributed by atoms with Gasteiger partial charge < -0.3 is 15.2 Å². The molecule has 188 valence electrons. The van der Waals surface area contributed by atoms with Gasteiger partial charge in [-0.25, -0.2) is 4.98 Å². The molecule has 5 rings (SSSR count). The Labute approximate surface area is 221 Å². The fraction of sp³-hybridized carbons (Fsp3) is 0.0938. The number of aromatic nitrogens is 2. The summed E-state index contributed by atoms with van der Waals surface area (Å²) in [5.74, 6) is 0.378. The number of pyridine rings is 2. The van der Waals surface area contributed by atoms with Gasteiger partial charge in [0.2, 0.25) is 0 Å². The summed E-state index contributed by atoms with van der Waals surface area (Å²) in [6.45, 7) is 0.119. The first-order valence-electron chi connectivity index (χ1n) is 12.4. The molecule has 6 heteroatoms. The molecule has 5 aromatic rings. The molecule has 2 heterocycles. The van der Waals surface area contributed by atoms with E-state index in [4.69, 9.17) is 4.74 Å². The molecule has 1 atom stereocenters. The number of rotatable bonds is 9. The van der Waals surface area contributed by atoms with Crippen LogP contribution in [0.2, 0.25) is 0 Å². The lowest BCUT2D eigenvalue weighted by Crippen LogP contribution is -2.31. The molecule has 0 radical (unpaired) electrons. The van der Waals surface area contributed by atoms with E-state index in [0.29, 0.717) is 17.9 Å². The minimum absolute atomic E-state index is 0.214. The van der Waals surface area contributed by atoms with Crippen molar-refractivity contribution in [3.63, 3.8) is 0 Å². The van der Waals surface area contributed by atoms with Crippen molar-refractivity contribution in [3.8, 4) is 5.75 Å². The predicted octanol–water partition coefficient (Wildman–Crippen LogP) is 5.60. The Morgan fingerprint density at radius 2 is 1.61 bits per heavy atom. The van der Waals surface area contributed by atoms with E-state index in [1.165, 1.54) is 0 Å². The van der Waals surface area contributed by atoms with E-state index in [0.717, 1.165) is 33.3 Å². The maximum Gasteiger partial charge on any atom is 0.252 e. The summed E-state index contributed by atoms with van der Waals surface area (Å²) in [6.07, 6.45) is 5.17. The number of nitrogens with zero attached hydrogens (tertiary/aromatic N) is 2. The van der Waals surface area contributed by atoms with Crippen LogP contribution < -0.4 is 10.1 Å². The summed E-state index contributed by atoms with van der Waals surface area (Å²) in [5, 5.41) is 14.0. The fourth-order valence-electron chi connectivity index (χ4n) is 4.14. The minimum Gasteiger partial charge on any atom is -0.487 e. The van der Waals surface area contributed by atoms with Crippen molar-refractivity contribution < 1.29 is 14.6 Å². The van der Waals surface area contributed by atoms with Gasteiger partial charge in [0.1, 0.15) is 12.4 Å². The highest BCUT2D eigenvalue weighted by atomic mass is 16.5. The number of nitrogens with one attached hydrogen (secondary N) is 1. The number of aliphatic hydroxyl groups is 1. The quantitative estimate of drug-likeness (QED) is 0.257. The van der Waals surface area contributed by atoms with E-state index >= 15 is 0 Å². The van der Waals surface area contributed by atoms with Crippen molar-refractivity contribution in [3.05, 3.63) is 138 Å². The maximum absolute atomic E-state index is 13.4. The monoisotopic (exact) mass is 501 g/mol. The zero-order chi connectivity index (χ0) is 26.2. The average Bonchev–Trinajstić information content (AvgIpc) is 2.98. The fourth-order valence-corrected chi connectivity index (χ4v) is 4.14. The van der Waals surface area contributed by atoms with Gasteiger partial charge in [-0.2, -0.15) is 0 Å². The molecule has 2 N–H and O–H groups in total. The van der Waals surface area contributed by atoms with Gasteiger partial charge >= 0.3 is 0 Å². The van der Waals surface area contributed by atoms with Crippen LogP contribution in [-0.2, 0) is 11.4 Å². The predicted molar refractivity (Wildman–Crippen MR) is 149 cm³/mol. The summed E-state index contributed by atoms with van der Waals surface area (Å²) < 4.78 is 5.97. The second kappa shape index (κ2) is 12.0. The molecule has 0 spiro atoms. The van der Waals surface area contributed by atoms with Crippen molar-refractivity contribution in [2.75, 3.05) is 6.61 Å². The number of para-hydroxylation sites is 1. The molecule has 0 aliphatic heterocycles. The van der Waals surface area contributed by atoms with Gasteiger partial charge in [-0.1, -0.05) is 66.7 Å². The second-order valence-corrected chi connectivity index (χ2v) is 8.77. The topological polar surface area (TPSA) is 84.3 Å². The van der Waals surface area contributed by atoms with Crippen LogP contribution in [0.15, 0.2) is 116 Å². The standard InChI is InChI=1S/C32H27N3O3/c36-21-31(25-6-2-1-3-7-25)35-32(37)29(20-23-16-18-33-19-17-23)24-11-14-28(15-12-24)38-22-27-13-10-26-8-4-5-9-30(26)34-27/h1-20,31,36H,21-22H2,(H,35,37)/b29-20+/t31-/m0/s1. The first kappa shape index (κ1) is 24.9. The van der Waals surface area contributed by atoms with Gasteiger partial charge in [0.25, 0.3) is 5.91 Å². The maximum atomic E-state index is 13.4. The first-order chi connectivity index (χ1) is 18.7. The Bertz CT molecular complexity index is 1540. The molecule has 0 aliphatic carbocycles. The second-order valence-electron chi connectivity index (χ2n) is 8.77. The third-order valence-corrected chi connectivity index (χ3v) is 6.16. The van der Waals surface area contributed by atoms with Crippen LogP contribution in [0.25, 0.3) is 22.6 Å². The molecule has 0 saturated carbocycles. The van der Waals surface area contributed by atoms with Gasteiger partial charge in [0.15, 0.2) is 0 Å². The molecule has 3 aromatic carbocycles. The van der Waals surface area contributed by atoms with Crippen molar-refractivity contribution in [2.45, 2.75) is 12.6 Å². The number of carbonyl (C=O) groups excluding carboxylic acids is 1. The van der Waals surface area contributed by atoms with Crippen LogP contribution in [0.5, 0.6) is 5.75 Å². The summed E-state index contributed by atoms with van der Waals surface area (Å²) in [5.41, 5.74) is 4.62. The molecule has 2 aromatic heterocycles. The van der Waals surface area contributed by atoms with E-state index in [1.54, 1.807) is 12.4 Å². The van der Waals surface area contributed by atoms with E-state index in [1.807, 2.05) is 109 Å². The summed E-state index contributed by atoms with van der Waals surface area (Å²) >= 11 is 0. The van der Waals surface area contributed by atoms with E-state index in [-0.39, 0.29) is 12.5 Å². The number of amides is 1. The molecule has 1 amide bonds. The number of ether oxygens (including phenoxy) is 1. The van der Waals surface area contributed by atoms with E-state index in [2.05, 4.69) is 15.3 Å². The number of fused-ring (bicyclic) bond motifs is 1. The highest BCUT2D eigenvalue weighted by Crippen LogP contribution is 2.24. The number of hydrogen-bond acceptors (Lipinski definition) is 5. The van der Waals surface area contributed by atoms with Crippen LogP contribution in [0, 0.1) is 0 Å². The number of aliphatic hydroxyl groups excluding tert-OH is 1. The summed E-state index contributed by atoms with van der Waals surface area (Å²) in [6, 6.07) is 31.9. The van der Waals surface area contributed by atoms with Crippen LogP contribution in [0.1, 0.15) is 28.4 Å². The van der Waals surface area contributed by atoms with E-state index in [9.17, 15) is 9.90 Å².